The summed E-state index contributed by atoms with van der Waals surface area (Å²) in [6, 6.07) is 3.23. The predicted octanol–water partition coefficient (Wildman–Crippen LogP) is 0.981. The molecule has 0 spiro atoms. The van der Waals surface area contributed by atoms with E-state index in [1.54, 1.807) is 0 Å². The number of nitrogens with two attached hydrogens (primary N) is 1. The third kappa shape index (κ3) is 3.75. The molecule has 2 rings (SSSR count). The van der Waals surface area contributed by atoms with E-state index in [0.29, 0.717) is 6.61 Å². The van der Waals surface area contributed by atoms with Crippen molar-refractivity contribution in [1.29, 1.82) is 0 Å². The summed E-state index contributed by atoms with van der Waals surface area (Å²) in [5.41, 5.74) is 0.179. The van der Waals surface area contributed by atoms with Gasteiger partial charge in [-0.05, 0) is 31.0 Å². The molecular weight excluding hydrogens is 287 g/mol. The van der Waals surface area contributed by atoms with Gasteiger partial charge in [0, 0.05) is 12.3 Å². The Balaban J connectivity index is 2.03. The van der Waals surface area contributed by atoms with E-state index in [1.807, 2.05) is 0 Å². The summed E-state index contributed by atoms with van der Waals surface area (Å²) < 4.78 is 41.0. The Morgan fingerprint density at radius 1 is 1.50 bits per heavy atom. The maximum Gasteiger partial charge on any atom is 0.240 e. The molecule has 1 saturated heterocycles. The molecule has 8 heteroatoms. The zero-order valence-electron chi connectivity index (χ0n) is 10.6. The van der Waals surface area contributed by atoms with Gasteiger partial charge in [0.1, 0.15) is 10.7 Å². The van der Waals surface area contributed by atoms with Gasteiger partial charge in [0.2, 0.25) is 15.9 Å². The molecule has 1 atom stereocenters. The number of benzene rings is 1. The van der Waals surface area contributed by atoms with Gasteiger partial charge in [-0.1, -0.05) is 0 Å². The standard InChI is InChI=1S/C12H15FN2O4S/c13-10-6-8(3-4-11(10)20(14,17)18)15-12(16)7-9-2-1-5-19-9/h3-4,6,9H,1-2,5,7H2,(H,15,16)(H2,14,17,18). The SMILES string of the molecule is NS(=O)(=O)c1ccc(NC(=O)CC2CCCO2)cc1F. The normalized spacial score (nSPS) is 19.0. The van der Waals surface area contributed by atoms with E-state index in [1.165, 1.54) is 6.07 Å². The summed E-state index contributed by atoms with van der Waals surface area (Å²) in [6.45, 7) is 0.648. The maximum absolute atomic E-state index is 13.6. The smallest absolute Gasteiger partial charge is 0.240 e. The second-order valence-electron chi connectivity index (χ2n) is 4.58. The van der Waals surface area contributed by atoms with Crippen molar-refractivity contribution >= 4 is 21.6 Å². The highest BCUT2D eigenvalue weighted by Gasteiger charge is 2.20. The van der Waals surface area contributed by atoms with Crippen LogP contribution < -0.4 is 10.5 Å². The van der Waals surface area contributed by atoms with E-state index in [2.05, 4.69) is 5.32 Å². The van der Waals surface area contributed by atoms with Crippen molar-refractivity contribution in [2.45, 2.75) is 30.3 Å². The Bertz CT molecular complexity index is 612. The lowest BCUT2D eigenvalue weighted by molar-refractivity contribution is -0.118. The molecule has 3 N–H and O–H groups in total. The van der Waals surface area contributed by atoms with Crippen molar-refractivity contribution in [3.63, 3.8) is 0 Å². The predicted molar refractivity (Wildman–Crippen MR) is 70.0 cm³/mol. The molecule has 1 aliphatic heterocycles. The van der Waals surface area contributed by atoms with Gasteiger partial charge in [0.05, 0.1) is 12.5 Å². The lowest BCUT2D eigenvalue weighted by atomic mass is 10.2. The second-order valence-corrected chi connectivity index (χ2v) is 6.11. The lowest BCUT2D eigenvalue weighted by Crippen LogP contribution is -2.19. The molecule has 1 aromatic rings. The third-order valence-electron chi connectivity index (χ3n) is 2.96. The van der Waals surface area contributed by atoms with Crippen LogP contribution in [0, 0.1) is 5.82 Å². The van der Waals surface area contributed by atoms with E-state index in [4.69, 9.17) is 9.88 Å². The molecule has 6 nitrogen and oxygen atoms in total. The van der Waals surface area contributed by atoms with Gasteiger partial charge in [0.15, 0.2) is 0 Å². The highest BCUT2D eigenvalue weighted by molar-refractivity contribution is 7.89. The molecule has 1 heterocycles. The van der Waals surface area contributed by atoms with Gasteiger partial charge in [-0.2, -0.15) is 0 Å². The zero-order chi connectivity index (χ0) is 14.8. The van der Waals surface area contributed by atoms with Crippen molar-refractivity contribution in [2.75, 3.05) is 11.9 Å². The van der Waals surface area contributed by atoms with Crippen LogP contribution in [-0.4, -0.2) is 27.0 Å². The number of halogens is 1. The fourth-order valence-electron chi connectivity index (χ4n) is 2.03. The van der Waals surface area contributed by atoms with Crippen LogP contribution >= 0.6 is 0 Å². The Kier molecular flexibility index (Phi) is 4.36. The summed E-state index contributed by atoms with van der Waals surface area (Å²) in [5, 5.41) is 7.34. The van der Waals surface area contributed by atoms with Crippen molar-refractivity contribution in [1.82, 2.24) is 0 Å². The summed E-state index contributed by atoms with van der Waals surface area (Å²) in [6.07, 6.45) is 1.84. The lowest BCUT2D eigenvalue weighted by Gasteiger charge is -2.10. The molecule has 1 aliphatic rings. The van der Waals surface area contributed by atoms with Crippen LogP contribution in [0.4, 0.5) is 10.1 Å². The number of nitrogens with one attached hydrogen (secondary N) is 1. The van der Waals surface area contributed by atoms with E-state index in [-0.39, 0.29) is 24.1 Å². The van der Waals surface area contributed by atoms with Crippen LogP contribution in [0.25, 0.3) is 0 Å². The number of sulfonamides is 1. The summed E-state index contributed by atoms with van der Waals surface area (Å²) in [5.74, 6) is -1.30. The molecule has 0 aromatic heterocycles. The number of carbonyl (C=O) groups is 1. The number of rotatable bonds is 4. The first-order valence-electron chi connectivity index (χ1n) is 6.10. The van der Waals surface area contributed by atoms with Gasteiger partial charge in [-0.15, -0.1) is 0 Å². The molecule has 0 aliphatic carbocycles. The molecule has 1 amide bonds. The highest BCUT2D eigenvalue weighted by atomic mass is 32.2. The van der Waals surface area contributed by atoms with Crippen molar-refractivity contribution < 1.29 is 22.3 Å². The topological polar surface area (TPSA) is 98.5 Å². The minimum Gasteiger partial charge on any atom is -0.378 e. The monoisotopic (exact) mass is 302 g/mol. The van der Waals surface area contributed by atoms with Gasteiger partial charge in [-0.25, -0.2) is 17.9 Å². The number of hydrogen-bond acceptors (Lipinski definition) is 4. The van der Waals surface area contributed by atoms with Crippen LogP contribution in [0.2, 0.25) is 0 Å². The largest absolute Gasteiger partial charge is 0.378 e. The number of hydrogen-bond donors (Lipinski definition) is 2. The molecule has 0 bridgehead atoms. The number of amides is 1. The number of carbonyl (C=O) groups excluding carboxylic acids is 1. The molecule has 20 heavy (non-hydrogen) atoms. The average Bonchev–Trinajstić information content (AvgIpc) is 2.79. The van der Waals surface area contributed by atoms with E-state index in [9.17, 15) is 17.6 Å². The van der Waals surface area contributed by atoms with Crippen LogP contribution in [0.1, 0.15) is 19.3 Å². The molecule has 1 fully saturated rings. The van der Waals surface area contributed by atoms with Gasteiger partial charge >= 0.3 is 0 Å². The first kappa shape index (κ1) is 14.9. The molecule has 0 saturated carbocycles. The van der Waals surface area contributed by atoms with Crippen molar-refractivity contribution in [3.8, 4) is 0 Å². The summed E-state index contributed by atoms with van der Waals surface area (Å²) in [4.78, 5) is 11.1. The Hall–Kier alpha value is -1.51. The Morgan fingerprint density at radius 3 is 2.80 bits per heavy atom. The van der Waals surface area contributed by atoms with E-state index >= 15 is 0 Å². The van der Waals surface area contributed by atoms with Gasteiger partial charge < -0.3 is 10.1 Å². The molecular formula is C12H15FN2O4S. The van der Waals surface area contributed by atoms with Gasteiger partial charge in [0.25, 0.3) is 0 Å². The first-order valence-corrected chi connectivity index (χ1v) is 7.65. The van der Waals surface area contributed by atoms with Crippen LogP contribution in [0.5, 0.6) is 0 Å². The van der Waals surface area contributed by atoms with Crippen molar-refractivity contribution in [3.05, 3.63) is 24.0 Å². The minimum atomic E-state index is -4.11. The van der Waals surface area contributed by atoms with Crippen LogP contribution in [-0.2, 0) is 19.6 Å². The van der Waals surface area contributed by atoms with Crippen LogP contribution in [0.15, 0.2) is 23.1 Å². The Morgan fingerprint density at radius 2 is 2.25 bits per heavy atom. The third-order valence-corrected chi connectivity index (χ3v) is 3.90. The second kappa shape index (κ2) is 5.86. The average molecular weight is 302 g/mol. The molecule has 1 aromatic carbocycles. The number of anilines is 1. The fourth-order valence-corrected chi connectivity index (χ4v) is 2.62. The quantitative estimate of drug-likeness (QED) is 0.866. The van der Waals surface area contributed by atoms with E-state index in [0.717, 1.165) is 25.0 Å². The molecule has 1 unspecified atom stereocenters. The number of primary sulfonamides is 1. The zero-order valence-corrected chi connectivity index (χ0v) is 11.5. The highest BCUT2D eigenvalue weighted by Crippen LogP contribution is 2.19. The molecule has 110 valence electrons. The molecule has 0 radical (unpaired) electrons. The van der Waals surface area contributed by atoms with Gasteiger partial charge in [-0.3, -0.25) is 4.79 Å². The van der Waals surface area contributed by atoms with E-state index < -0.39 is 20.7 Å². The number of ether oxygens (including phenoxy) is 1. The summed E-state index contributed by atoms with van der Waals surface area (Å²) >= 11 is 0. The fraction of sp³-hybridized carbons (Fsp3) is 0.417. The Labute approximate surface area is 116 Å². The summed E-state index contributed by atoms with van der Waals surface area (Å²) in [7, 11) is -4.11. The first-order chi connectivity index (χ1) is 9.36. The minimum absolute atomic E-state index is 0.108. The maximum atomic E-state index is 13.6. The van der Waals surface area contributed by atoms with Crippen molar-refractivity contribution in [2.24, 2.45) is 5.14 Å². The van der Waals surface area contributed by atoms with Crippen LogP contribution in [0.3, 0.4) is 0 Å².